The monoisotopic (exact) mass is 271 g/mol. The number of carbonyl (C=O) groups excluding carboxylic acids is 2. The smallest absolute Gasteiger partial charge is 0.406 e. The summed E-state index contributed by atoms with van der Waals surface area (Å²) in [5, 5.41) is 0. The van der Waals surface area contributed by atoms with Crippen LogP contribution < -0.4 is 0 Å². The zero-order chi connectivity index (χ0) is 14.3. The molecular formula is C10H16F3NO4. The minimum Gasteiger partial charge on any atom is -0.469 e. The second-order valence-corrected chi connectivity index (χ2v) is 3.58. The van der Waals surface area contributed by atoms with E-state index in [9.17, 15) is 22.8 Å². The van der Waals surface area contributed by atoms with Crippen molar-refractivity contribution in [2.24, 2.45) is 0 Å². The molecule has 106 valence electrons. The van der Waals surface area contributed by atoms with E-state index in [2.05, 4.69) is 9.47 Å². The Morgan fingerprint density at radius 3 is 2.22 bits per heavy atom. The van der Waals surface area contributed by atoms with Crippen molar-refractivity contribution in [1.82, 2.24) is 4.90 Å². The van der Waals surface area contributed by atoms with Crippen molar-refractivity contribution < 1.29 is 32.2 Å². The number of halogens is 3. The van der Waals surface area contributed by atoms with Crippen LogP contribution in [0.3, 0.4) is 0 Å². The zero-order valence-corrected chi connectivity index (χ0v) is 10.4. The molecule has 0 aromatic rings. The minimum absolute atomic E-state index is 0.297. The summed E-state index contributed by atoms with van der Waals surface area (Å²) in [5.41, 5.74) is 0. The molecule has 0 aliphatic rings. The first kappa shape index (κ1) is 16.7. The van der Waals surface area contributed by atoms with Crippen LogP contribution in [-0.4, -0.2) is 56.4 Å². The molecule has 1 unspecified atom stereocenters. The van der Waals surface area contributed by atoms with Crippen molar-refractivity contribution in [2.45, 2.75) is 25.6 Å². The van der Waals surface area contributed by atoms with E-state index in [-0.39, 0.29) is 13.0 Å². The van der Waals surface area contributed by atoms with Crippen LogP contribution in [0.1, 0.15) is 13.3 Å². The van der Waals surface area contributed by atoms with Crippen LogP contribution in [0.15, 0.2) is 0 Å². The first-order chi connectivity index (χ1) is 8.21. The number of hydrogen-bond acceptors (Lipinski definition) is 4. The average molecular weight is 271 g/mol. The molecule has 0 aromatic carbocycles. The summed E-state index contributed by atoms with van der Waals surface area (Å²) in [7, 11) is 2.34. The van der Waals surface area contributed by atoms with Crippen LogP contribution in [0.4, 0.5) is 13.2 Å². The SMILES string of the molecule is COC(=O)CCN(CC(F)(F)F)C(=O)C(C)OC. The van der Waals surface area contributed by atoms with Gasteiger partial charge in [-0.3, -0.25) is 9.59 Å². The first-order valence-electron chi connectivity index (χ1n) is 5.16. The lowest BCUT2D eigenvalue weighted by molar-refractivity contribution is -0.168. The van der Waals surface area contributed by atoms with Crippen LogP contribution in [0.5, 0.6) is 0 Å². The Labute approximate surface area is 103 Å². The van der Waals surface area contributed by atoms with Crippen molar-refractivity contribution in [2.75, 3.05) is 27.3 Å². The standard InChI is InChI=1S/C10H16F3NO4/c1-7(17-2)9(16)14(6-10(11,12)13)5-4-8(15)18-3/h7H,4-6H2,1-3H3. The molecule has 0 aromatic heterocycles. The van der Waals surface area contributed by atoms with E-state index < -0.39 is 30.7 Å². The van der Waals surface area contributed by atoms with Gasteiger partial charge in [-0.1, -0.05) is 0 Å². The van der Waals surface area contributed by atoms with Crippen LogP contribution >= 0.6 is 0 Å². The summed E-state index contributed by atoms with van der Waals surface area (Å²) in [5.74, 6) is -1.50. The van der Waals surface area contributed by atoms with E-state index in [4.69, 9.17) is 0 Å². The molecule has 0 bridgehead atoms. The molecule has 8 heteroatoms. The molecule has 0 aliphatic carbocycles. The summed E-state index contributed by atoms with van der Waals surface area (Å²) < 4.78 is 45.8. The second-order valence-electron chi connectivity index (χ2n) is 3.58. The molecule has 1 amide bonds. The number of amides is 1. The molecule has 5 nitrogen and oxygen atoms in total. The van der Waals surface area contributed by atoms with Gasteiger partial charge in [0.05, 0.1) is 13.5 Å². The number of esters is 1. The second kappa shape index (κ2) is 7.20. The highest BCUT2D eigenvalue weighted by Crippen LogP contribution is 2.17. The van der Waals surface area contributed by atoms with Gasteiger partial charge in [-0.15, -0.1) is 0 Å². The maximum atomic E-state index is 12.3. The van der Waals surface area contributed by atoms with Crippen molar-refractivity contribution in [3.63, 3.8) is 0 Å². The van der Waals surface area contributed by atoms with Gasteiger partial charge in [0, 0.05) is 13.7 Å². The maximum Gasteiger partial charge on any atom is 0.406 e. The fraction of sp³-hybridized carbons (Fsp3) is 0.800. The summed E-state index contributed by atoms with van der Waals surface area (Å²) >= 11 is 0. The Morgan fingerprint density at radius 2 is 1.83 bits per heavy atom. The van der Waals surface area contributed by atoms with Gasteiger partial charge in [0.1, 0.15) is 12.6 Å². The van der Waals surface area contributed by atoms with Crippen molar-refractivity contribution >= 4 is 11.9 Å². The highest BCUT2D eigenvalue weighted by atomic mass is 19.4. The fourth-order valence-electron chi connectivity index (χ4n) is 1.17. The highest BCUT2D eigenvalue weighted by molar-refractivity contribution is 5.81. The van der Waals surface area contributed by atoms with Gasteiger partial charge in [-0.05, 0) is 6.92 Å². The lowest BCUT2D eigenvalue weighted by Crippen LogP contribution is -2.44. The molecular weight excluding hydrogens is 255 g/mol. The van der Waals surface area contributed by atoms with E-state index >= 15 is 0 Å². The molecule has 0 saturated carbocycles. The van der Waals surface area contributed by atoms with Crippen LogP contribution in [-0.2, 0) is 19.1 Å². The molecule has 0 spiro atoms. The van der Waals surface area contributed by atoms with Gasteiger partial charge in [0.2, 0.25) is 0 Å². The molecule has 0 radical (unpaired) electrons. The van der Waals surface area contributed by atoms with Gasteiger partial charge in [0.25, 0.3) is 5.91 Å². The van der Waals surface area contributed by atoms with E-state index in [0.717, 1.165) is 7.11 Å². The van der Waals surface area contributed by atoms with Gasteiger partial charge in [0.15, 0.2) is 0 Å². The van der Waals surface area contributed by atoms with Gasteiger partial charge in [-0.2, -0.15) is 13.2 Å². The number of methoxy groups -OCH3 is 2. The van der Waals surface area contributed by atoms with Gasteiger partial charge < -0.3 is 14.4 Å². The molecule has 18 heavy (non-hydrogen) atoms. The van der Waals surface area contributed by atoms with Crippen molar-refractivity contribution in [3.05, 3.63) is 0 Å². The lowest BCUT2D eigenvalue weighted by Gasteiger charge is -2.25. The third-order valence-corrected chi connectivity index (χ3v) is 2.20. The third kappa shape index (κ3) is 6.43. The van der Waals surface area contributed by atoms with Crippen LogP contribution in [0.2, 0.25) is 0 Å². The van der Waals surface area contributed by atoms with Gasteiger partial charge in [-0.25, -0.2) is 0 Å². The Kier molecular flexibility index (Phi) is 6.67. The summed E-state index contributed by atoms with van der Waals surface area (Å²) in [6.07, 6.45) is -5.82. The Balaban J connectivity index is 4.62. The topological polar surface area (TPSA) is 55.8 Å². The van der Waals surface area contributed by atoms with Crippen LogP contribution in [0.25, 0.3) is 0 Å². The summed E-state index contributed by atoms with van der Waals surface area (Å²) in [6.45, 7) is -0.445. The first-order valence-corrected chi connectivity index (χ1v) is 5.16. The normalized spacial score (nSPS) is 13.0. The predicted octanol–water partition coefficient (Wildman–Crippen LogP) is 0.975. The molecule has 0 rings (SSSR count). The number of ether oxygens (including phenoxy) is 2. The van der Waals surface area contributed by atoms with Crippen molar-refractivity contribution in [3.8, 4) is 0 Å². The number of rotatable bonds is 6. The number of alkyl halides is 3. The largest absolute Gasteiger partial charge is 0.469 e. The lowest BCUT2D eigenvalue weighted by atomic mass is 10.3. The predicted molar refractivity (Wildman–Crippen MR) is 55.7 cm³/mol. The number of hydrogen-bond donors (Lipinski definition) is 0. The Bertz CT molecular complexity index is 293. The van der Waals surface area contributed by atoms with Crippen LogP contribution in [0, 0.1) is 0 Å². The number of nitrogens with zero attached hydrogens (tertiary/aromatic N) is 1. The number of carbonyl (C=O) groups is 2. The quantitative estimate of drug-likeness (QED) is 0.676. The van der Waals surface area contributed by atoms with E-state index in [0.29, 0.717) is 4.90 Å². The maximum absolute atomic E-state index is 12.3. The third-order valence-electron chi connectivity index (χ3n) is 2.20. The zero-order valence-electron chi connectivity index (χ0n) is 10.4. The highest BCUT2D eigenvalue weighted by Gasteiger charge is 2.34. The summed E-state index contributed by atoms with van der Waals surface area (Å²) in [6, 6.07) is 0. The van der Waals surface area contributed by atoms with E-state index in [1.54, 1.807) is 0 Å². The minimum atomic E-state index is -4.53. The van der Waals surface area contributed by atoms with E-state index in [1.165, 1.54) is 14.0 Å². The Morgan fingerprint density at radius 1 is 1.28 bits per heavy atom. The molecule has 0 saturated heterocycles. The molecule has 0 N–H and O–H groups in total. The van der Waals surface area contributed by atoms with Gasteiger partial charge >= 0.3 is 12.1 Å². The molecule has 1 atom stereocenters. The molecule has 0 heterocycles. The van der Waals surface area contributed by atoms with E-state index in [1.807, 2.05) is 0 Å². The fourth-order valence-corrected chi connectivity index (χ4v) is 1.17. The molecule has 0 aliphatic heterocycles. The summed E-state index contributed by atoms with van der Waals surface area (Å²) in [4.78, 5) is 23.0. The molecule has 0 fully saturated rings. The Hall–Kier alpha value is -1.31. The van der Waals surface area contributed by atoms with Crippen molar-refractivity contribution in [1.29, 1.82) is 0 Å². The average Bonchev–Trinajstić information content (AvgIpc) is 2.30.